The van der Waals surface area contributed by atoms with E-state index in [0.717, 1.165) is 16.9 Å². The molecule has 4 rings (SSSR count). The first-order valence-corrected chi connectivity index (χ1v) is 12.3. The predicted molar refractivity (Wildman–Crippen MR) is 117 cm³/mol. The van der Waals surface area contributed by atoms with E-state index in [1.807, 2.05) is 31.2 Å². The number of ether oxygens (including phenoxy) is 1. The van der Waals surface area contributed by atoms with Crippen molar-refractivity contribution in [3.63, 3.8) is 0 Å². The summed E-state index contributed by atoms with van der Waals surface area (Å²) in [6.45, 7) is 3.45. The molecule has 2 heterocycles. The van der Waals surface area contributed by atoms with Crippen molar-refractivity contribution in [2.45, 2.75) is 56.4 Å². The first-order valence-electron chi connectivity index (χ1n) is 10.8. The maximum atomic E-state index is 13.1. The van der Waals surface area contributed by atoms with Crippen LogP contribution in [0.2, 0.25) is 0 Å². The number of sulfonamides is 1. The van der Waals surface area contributed by atoms with Crippen LogP contribution in [0.3, 0.4) is 0 Å². The number of nitrogens with zero attached hydrogens (tertiary/aromatic N) is 3. The molecule has 162 valence electrons. The summed E-state index contributed by atoms with van der Waals surface area (Å²) in [4.78, 5) is 0.323. The van der Waals surface area contributed by atoms with Crippen molar-refractivity contribution in [1.29, 1.82) is 0 Å². The lowest BCUT2D eigenvalue weighted by Crippen LogP contribution is -2.40. The number of hydrogen-bond donors (Lipinski definition) is 1. The maximum Gasteiger partial charge on any atom is 0.243 e. The molecule has 2 fully saturated rings. The third-order valence-corrected chi connectivity index (χ3v) is 7.98. The van der Waals surface area contributed by atoms with Gasteiger partial charge >= 0.3 is 0 Å². The van der Waals surface area contributed by atoms with Crippen LogP contribution < -0.4 is 5.32 Å². The molecule has 0 atom stereocenters. The van der Waals surface area contributed by atoms with Gasteiger partial charge in [0.15, 0.2) is 0 Å². The summed E-state index contributed by atoms with van der Waals surface area (Å²) in [6.07, 6.45) is 7.48. The SMILES string of the molecule is Cc1ccc(-c2ccc(NC3CCCCCC3)nn2)cc1S(=O)(=O)N1CCOCC1. The Kier molecular flexibility index (Phi) is 6.65. The van der Waals surface area contributed by atoms with Gasteiger partial charge in [0.1, 0.15) is 5.82 Å². The van der Waals surface area contributed by atoms with E-state index < -0.39 is 10.0 Å². The van der Waals surface area contributed by atoms with Gasteiger partial charge in [0, 0.05) is 24.7 Å². The summed E-state index contributed by atoms with van der Waals surface area (Å²) in [5.74, 6) is 0.777. The number of morpholine rings is 1. The van der Waals surface area contributed by atoms with Gasteiger partial charge in [0.2, 0.25) is 10.0 Å². The van der Waals surface area contributed by atoms with E-state index >= 15 is 0 Å². The standard InChI is InChI=1S/C22H30N4O3S/c1-17-8-9-18(16-21(17)30(27,28)26-12-14-29-15-13-26)20-10-11-22(25-24-20)23-19-6-4-2-3-5-7-19/h8-11,16,19H,2-7,12-15H2,1H3,(H,23,25). The fourth-order valence-electron chi connectivity index (χ4n) is 4.16. The molecule has 1 aromatic carbocycles. The first-order chi connectivity index (χ1) is 14.5. The highest BCUT2D eigenvalue weighted by molar-refractivity contribution is 7.89. The van der Waals surface area contributed by atoms with Gasteiger partial charge in [-0.1, -0.05) is 37.8 Å². The molecule has 0 bridgehead atoms. The Bertz CT molecular complexity index is 949. The van der Waals surface area contributed by atoms with Crippen LogP contribution in [0.25, 0.3) is 11.3 Å². The minimum atomic E-state index is -3.56. The number of anilines is 1. The van der Waals surface area contributed by atoms with E-state index in [0.29, 0.717) is 42.9 Å². The molecule has 1 saturated carbocycles. The van der Waals surface area contributed by atoms with Gasteiger partial charge in [-0.15, -0.1) is 10.2 Å². The van der Waals surface area contributed by atoms with E-state index in [-0.39, 0.29) is 0 Å². The summed E-state index contributed by atoms with van der Waals surface area (Å²) < 4.78 is 33.0. The number of nitrogens with one attached hydrogen (secondary N) is 1. The second-order valence-corrected chi connectivity index (χ2v) is 10.0. The fourth-order valence-corrected chi connectivity index (χ4v) is 5.82. The quantitative estimate of drug-likeness (QED) is 0.730. The van der Waals surface area contributed by atoms with Crippen LogP contribution in [-0.4, -0.2) is 55.3 Å². The Morgan fingerprint density at radius 2 is 1.73 bits per heavy atom. The van der Waals surface area contributed by atoms with E-state index in [2.05, 4.69) is 15.5 Å². The zero-order valence-corrected chi connectivity index (χ0v) is 18.3. The fraction of sp³-hybridized carbons (Fsp3) is 0.545. The van der Waals surface area contributed by atoms with Crippen LogP contribution in [-0.2, 0) is 14.8 Å². The molecular weight excluding hydrogens is 400 g/mol. The van der Waals surface area contributed by atoms with Gasteiger partial charge in [-0.2, -0.15) is 4.31 Å². The Balaban J connectivity index is 1.53. The van der Waals surface area contributed by atoms with Gasteiger partial charge < -0.3 is 10.1 Å². The van der Waals surface area contributed by atoms with Gasteiger partial charge in [0.05, 0.1) is 23.8 Å². The van der Waals surface area contributed by atoms with Crippen molar-refractivity contribution in [2.75, 3.05) is 31.6 Å². The van der Waals surface area contributed by atoms with E-state index in [1.54, 1.807) is 6.07 Å². The van der Waals surface area contributed by atoms with Gasteiger partial charge in [-0.3, -0.25) is 0 Å². The Morgan fingerprint density at radius 1 is 1.00 bits per heavy atom. The first kappa shape index (κ1) is 21.2. The second kappa shape index (κ2) is 9.41. The average molecular weight is 431 g/mol. The van der Waals surface area contributed by atoms with Gasteiger partial charge in [0.25, 0.3) is 0 Å². The van der Waals surface area contributed by atoms with Crippen molar-refractivity contribution in [3.05, 3.63) is 35.9 Å². The Labute approximate surface area is 178 Å². The van der Waals surface area contributed by atoms with E-state index in [9.17, 15) is 8.42 Å². The molecule has 0 unspecified atom stereocenters. The molecule has 1 aliphatic heterocycles. The highest BCUT2D eigenvalue weighted by Gasteiger charge is 2.28. The molecule has 1 N–H and O–H groups in total. The van der Waals surface area contributed by atoms with Crippen molar-refractivity contribution in [2.24, 2.45) is 0 Å². The van der Waals surface area contributed by atoms with E-state index in [4.69, 9.17) is 4.74 Å². The largest absolute Gasteiger partial charge is 0.379 e. The smallest absolute Gasteiger partial charge is 0.243 e. The Hall–Kier alpha value is -2.03. The molecule has 0 radical (unpaired) electrons. The molecule has 2 aromatic rings. The predicted octanol–water partition coefficient (Wildman–Crippen LogP) is 3.61. The molecule has 2 aliphatic rings. The van der Waals surface area contributed by atoms with Crippen molar-refractivity contribution >= 4 is 15.8 Å². The van der Waals surface area contributed by atoms with Gasteiger partial charge in [-0.25, -0.2) is 8.42 Å². The van der Waals surface area contributed by atoms with Crippen LogP contribution in [0.4, 0.5) is 5.82 Å². The molecule has 1 aliphatic carbocycles. The highest BCUT2D eigenvalue weighted by Crippen LogP contribution is 2.27. The van der Waals surface area contributed by atoms with Crippen LogP contribution in [0, 0.1) is 6.92 Å². The molecule has 0 spiro atoms. The van der Waals surface area contributed by atoms with E-state index in [1.165, 1.54) is 42.8 Å². The molecule has 8 heteroatoms. The summed E-state index contributed by atoms with van der Waals surface area (Å²) in [5, 5.41) is 12.2. The van der Waals surface area contributed by atoms with Gasteiger partial charge in [-0.05, 0) is 43.5 Å². The summed E-state index contributed by atoms with van der Waals surface area (Å²) in [6, 6.07) is 9.74. The van der Waals surface area contributed by atoms with Crippen LogP contribution in [0.1, 0.15) is 44.1 Å². The molecule has 1 aromatic heterocycles. The summed E-state index contributed by atoms with van der Waals surface area (Å²) in [5.41, 5.74) is 2.14. The molecule has 1 saturated heterocycles. The molecular formula is C22H30N4O3S. The monoisotopic (exact) mass is 430 g/mol. The zero-order valence-electron chi connectivity index (χ0n) is 17.5. The Morgan fingerprint density at radius 3 is 2.40 bits per heavy atom. The van der Waals surface area contributed by atoms with Crippen molar-refractivity contribution < 1.29 is 13.2 Å². The van der Waals surface area contributed by atoms with Crippen LogP contribution in [0.15, 0.2) is 35.2 Å². The van der Waals surface area contributed by atoms with Crippen molar-refractivity contribution in [3.8, 4) is 11.3 Å². The molecule has 30 heavy (non-hydrogen) atoms. The van der Waals surface area contributed by atoms with Crippen LogP contribution >= 0.6 is 0 Å². The minimum Gasteiger partial charge on any atom is -0.379 e. The average Bonchev–Trinajstić information content (AvgIpc) is 3.04. The molecule has 7 nitrogen and oxygen atoms in total. The topological polar surface area (TPSA) is 84.4 Å². The molecule has 0 amide bonds. The number of hydrogen-bond acceptors (Lipinski definition) is 6. The lowest BCUT2D eigenvalue weighted by Gasteiger charge is -2.26. The lowest BCUT2D eigenvalue weighted by molar-refractivity contribution is 0.0730. The zero-order chi connectivity index (χ0) is 21.0. The summed E-state index contributed by atoms with van der Waals surface area (Å²) in [7, 11) is -3.56. The minimum absolute atomic E-state index is 0.323. The number of aryl methyl sites for hydroxylation is 1. The third kappa shape index (κ3) is 4.82. The summed E-state index contributed by atoms with van der Waals surface area (Å²) >= 11 is 0. The number of rotatable bonds is 5. The lowest BCUT2D eigenvalue weighted by atomic mass is 10.1. The normalized spacial score (nSPS) is 19.4. The highest BCUT2D eigenvalue weighted by atomic mass is 32.2. The number of benzene rings is 1. The maximum absolute atomic E-state index is 13.1. The second-order valence-electron chi connectivity index (χ2n) is 8.13. The van der Waals surface area contributed by atoms with Crippen LogP contribution in [0.5, 0.6) is 0 Å². The van der Waals surface area contributed by atoms with Crippen molar-refractivity contribution in [1.82, 2.24) is 14.5 Å². The third-order valence-electron chi connectivity index (χ3n) is 5.94. The number of aromatic nitrogens is 2.